The third kappa shape index (κ3) is 2.80. The largest absolute Gasteiger partial charge is 0.396 e. The van der Waals surface area contributed by atoms with Crippen molar-refractivity contribution < 1.29 is 9.90 Å². The monoisotopic (exact) mass is 262 g/mol. The van der Waals surface area contributed by atoms with E-state index in [4.69, 9.17) is 5.11 Å². The molecule has 0 aromatic heterocycles. The van der Waals surface area contributed by atoms with Crippen molar-refractivity contribution in [3.05, 3.63) is 29.8 Å². The molecular formula is C15H22N2O2. The molecule has 4 nitrogen and oxygen atoms in total. The Morgan fingerprint density at radius 1 is 1.32 bits per heavy atom. The average molecular weight is 262 g/mol. The number of amides is 1. The number of rotatable bonds is 5. The van der Waals surface area contributed by atoms with Crippen LogP contribution in [0.25, 0.3) is 0 Å². The first-order chi connectivity index (χ1) is 9.08. The lowest BCUT2D eigenvalue weighted by Crippen LogP contribution is -2.58. The number of nitrogens with zero attached hydrogens (tertiary/aromatic N) is 1. The first kappa shape index (κ1) is 14.0. The van der Waals surface area contributed by atoms with Crippen molar-refractivity contribution >= 4 is 11.6 Å². The van der Waals surface area contributed by atoms with E-state index in [-0.39, 0.29) is 18.1 Å². The van der Waals surface area contributed by atoms with Gasteiger partial charge in [-0.1, -0.05) is 12.1 Å². The van der Waals surface area contributed by atoms with Crippen LogP contribution in [0.5, 0.6) is 0 Å². The van der Waals surface area contributed by atoms with Crippen molar-refractivity contribution in [2.75, 3.05) is 26.0 Å². The fraction of sp³-hybridized carbons (Fsp3) is 0.533. The van der Waals surface area contributed by atoms with Gasteiger partial charge >= 0.3 is 0 Å². The summed E-state index contributed by atoms with van der Waals surface area (Å²) in [6.07, 6.45) is 3.61. The predicted octanol–water partition coefficient (Wildman–Crippen LogP) is 1.64. The van der Waals surface area contributed by atoms with Crippen LogP contribution in [0.4, 0.5) is 5.69 Å². The van der Waals surface area contributed by atoms with E-state index in [9.17, 15) is 4.79 Å². The van der Waals surface area contributed by atoms with E-state index >= 15 is 0 Å². The van der Waals surface area contributed by atoms with E-state index in [1.54, 1.807) is 0 Å². The number of carbonyl (C=O) groups is 1. The zero-order chi connectivity index (χ0) is 13.9. The first-order valence-corrected chi connectivity index (χ1v) is 6.77. The van der Waals surface area contributed by atoms with Crippen LogP contribution in [0.1, 0.15) is 24.8 Å². The molecule has 1 aromatic carbocycles. The van der Waals surface area contributed by atoms with E-state index in [1.165, 1.54) is 0 Å². The van der Waals surface area contributed by atoms with Crippen molar-refractivity contribution in [3.8, 4) is 0 Å². The van der Waals surface area contributed by atoms with E-state index < -0.39 is 0 Å². The first-order valence-electron chi connectivity index (χ1n) is 6.77. The van der Waals surface area contributed by atoms with Gasteiger partial charge in [-0.15, -0.1) is 0 Å². The number of carbonyl (C=O) groups excluding carboxylic acids is 1. The Hall–Kier alpha value is -1.39. The summed E-state index contributed by atoms with van der Waals surface area (Å²) >= 11 is 0. The van der Waals surface area contributed by atoms with Gasteiger partial charge in [0.15, 0.2) is 0 Å². The molecule has 1 fully saturated rings. The van der Waals surface area contributed by atoms with E-state index in [0.717, 1.165) is 30.5 Å². The second-order valence-corrected chi connectivity index (χ2v) is 5.40. The quantitative estimate of drug-likeness (QED) is 0.848. The number of hydrogen-bond donors (Lipinski definition) is 2. The fourth-order valence-electron chi connectivity index (χ4n) is 2.52. The van der Waals surface area contributed by atoms with E-state index in [1.807, 2.05) is 43.3 Å². The molecule has 0 radical (unpaired) electrons. The molecule has 19 heavy (non-hydrogen) atoms. The smallest absolute Gasteiger partial charge is 0.244 e. The average Bonchev–Trinajstić information content (AvgIpc) is 2.30. The van der Waals surface area contributed by atoms with E-state index in [2.05, 4.69) is 5.32 Å². The molecule has 1 aliphatic rings. The molecule has 0 atom stereocenters. The highest BCUT2D eigenvalue weighted by atomic mass is 16.3. The molecular weight excluding hydrogens is 240 g/mol. The molecule has 1 amide bonds. The third-order valence-corrected chi connectivity index (χ3v) is 4.07. The molecule has 2 N–H and O–H groups in total. The minimum absolute atomic E-state index is 0.0821. The summed E-state index contributed by atoms with van der Waals surface area (Å²) in [6.45, 7) is 0.148. The third-order valence-electron chi connectivity index (χ3n) is 4.07. The maximum absolute atomic E-state index is 12.4. The molecule has 0 heterocycles. The van der Waals surface area contributed by atoms with Gasteiger partial charge in [-0.3, -0.25) is 9.69 Å². The lowest BCUT2D eigenvalue weighted by Gasteiger charge is -2.45. The maximum atomic E-state index is 12.4. The van der Waals surface area contributed by atoms with Gasteiger partial charge in [0.25, 0.3) is 0 Å². The second kappa shape index (κ2) is 5.72. The Balaban J connectivity index is 2.02. The summed E-state index contributed by atoms with van der Waals surface area (Å²) in [5.74, 6) is 0.0821. The van der Waals surface area contributed by atoms with Crippen molar-refractivity contribution in [2.24, 2.45) is 0 Å². The molecule has 0 aliphatic heterocycles. The van der Waals surface area contributed by atoms with Crippen molar-refractivity contribution in [2.45, 2.75) is 31.2 Å². The summed E-state index contributed by atoms with van der Waals surface area (Å²) in [5, 5.41) is 11.9. The number of nitrogens with one attached hydrogen (secondary N) is 1. The molecule has 0 bridgehead atoms. The lowest BCUT2D eigenvalue weighted by atomic mass is 9.75. The standard InChI is InChI=1S/C15H22N2O2/c1-17(2)15(9-3-10-15)14(19)16-13-6-4-12(5-7-13)8-11-18/h4-7,18H,3,8-11H2,1-2H3,(H,16,19). The van der Waals surface area contributed by atoms with Crippen LogP contribution in [0.3, 0.4) is 0 Å². The zero-order valence-corrected chi connectivity index (χ0v) is 11.6. The van der Waals surface area contributed by atoms with Gasteiger partial charge in [0.05, 0.1) is 0 Å². The van der Waals surface area contributed by atoms with Gasteiger partial charge in [0, 0.05) is 12.3 Å². The van der Waals surface area contributed by atoms with Crippen LogP contribution in [0, 0.1) is 0 Å². The van der Waals surface area contributed by atoms with Crippen LogP contribution in [-0.2, 0) is 11.2 Å². The molecule has 0 unspecified atom stereocenters. The van der Waals surface area contributed by atoms with Gasteiger partial charge in [-0.05, 0) is 57.5 Å². The number of likely N-dealkylation sites (N-methyl/N-ethyl adjacent to an activating group) is 1. The molecule has 4 heteroatoms. The van der Waals surface area contributed by atoms with Crippen LogP contribution in [0.2, 0.25) is 0 Å². The van der Waals surface area contributed by atoms with Crippen molar-refractivity contribution in [3.63, 3.8) is 0 Å². The van der Waals surface area contributed by atoms with Gasteiger partial charge in [0.2, 0.25) is 5.91 Å². The summed E-state index contributed by atoms with van der Waals surface area (Å²) in [4.78, 5) is 14.4. The highest BCUT2D eigenvalue weighted by Gasteiger charge is 2.46. The molecule has 1 aromatic rings. The fourth-order valence-corrected chi connectivity index (χ4v) is 2.52. The van der Waals surface area contributed by atoms with Gasteiger partial charge in [0.1, 0.15) is 5.54 Å². The minimum Gasteiger partial charge on any atom is -0.396 e. The zero-order valence-electron chi connectivity index (χ0n) is 11.6. The van der Waals surface area contributed by atoms with Crippen LogP contribution < -0.4 is 5.32 Å². The van der Waals surface area contributed by atoms with Gasteiger partial charge in [-0.2, -0.15) is 0 Å². The highest BCUT2D eigenvalue weighted by Crippen LogP contribution is 2.37. The summed E-state index contributed by atoms with van der Waals surface area (Å²) < 4.78 is 0. The van der Waals surface area contributed by atoms with Crippen LogP contribution in [-0.4, -0.2) is 42.2 Å². The van der Waals surface area contributed by atoms with Crippen LogP contribution >= 0.6 is 0 Å². The number of aliphatic hydroxyl groups is 1. The van der Waals surface area contributed by atoms with Gasteiger partial charge in [-0.25, -0.2) is 0 Å². The maximum Gasteiger partial charge on any atom is 0.244 e. The molecule has 1 saturated carbocycles. The summed E-state index contributed by atoms with van der Waals surface area (Å²) in [6, 6.07) is 7.67. The van der Waals surface area contributed by atoms with E-state index in [0.29, 0.717) is 6.42 Å². The number of anilines is 1. The molecule has 2 rings (SSSR count). The highest BCUT2D eigenvalue weighted by molar-refractivity contribution is 5.98. The summed E-state index contributed by atoms with van der Waals surface area (Å²) in [5.41, 5.74) is 1.57. The van der Waals surface area contributed by atoms with Crippen molar-refractivity contribution in [1.29, 1.82) is 0 Å². The predicted molar refractivity (Wildman–Crippen MR) is 76.1 cm³/mol. The molecule has 104 valence electrons. The van der Waals surface area contributed by atoms with Crippen molar-refractivity contribution in [1.82, 2.24) is 4.90 Å². The topological polar surface area (TPSA) is 52.6 Å². The lowest BCUT2D eigenvalue weighted by molar-refractivity contribution is -0.131. The van der Waals surface area contributed by atoms with Gasteiger partial charge < -0.3 is 10.4 Å². The molecule has 0 saturated heterocycles. The Morgan fingerprint density at radius 3 is 2.37 bits per heavy atom. The molecule has 0 spiro atoms. The number of hydrogen-bond acceptors (Lipinski definition) is 3. The second-order valence-electron chi connectivity index (χ2n) is 5.40. The Labute approximate surface area is 114 Å². The Morgan fingerprint density at radius 2 is 1.95 bits per heavy atom. The summed E-state index contributed by atoms with van der Waals surface area (Å²) in [7, 11) is 3.92. The van der Waals surface area contributed by atoms with Crippen LogP contribution in [0.15, 0.2) is 24.3 Å². The molecule has 1 aliphatic carbocycles. The normalized spacial score (nSPS) is 17.1. The SMILES string of the molecule is CN(C)C1(C(=O)Nc2ccc(CCO)cc2)CCC1. The Bertz CT molecular complexity index is 436. The Kier molecular flexibility index (Phi) is 4.22. The number of aliphatic hydroxyl groups excluding tert-OH is 1. The number of benzene rings is 1. The minimum atomic E-state index is -0.330.